The molecule has 3 heteroatoms. The van der Waals surface area contributed by atoms with Crippen molar-refractivity contribution >= 4 is 0 Å². The van der Waals surface area contributed by atoms with Gasteiger partial charge in [-0.15, -0.1) is 0 Å². The molecule has 1 aromatic rings. The van der Waals surface area contributed by atoms with E-state index in [-0.39, 0.29) is 12.0 Å². The van der Waals surface area contributed by atoms with Gasteiger partial charge in [-0.25, -0.2) is 0 Å². The molecule has 1 aromatic heterocycles. The normalized spacial score (nSPS) is 13.6. The Balaban J connectivity index is 2.67. The van der Waals surface area contributed by atoms with Crippen molar-refractivity contribution in [1.29, 1.82) is 0 Å². The van der Waals surface area contributed by atoms with E-state index >= 15 is 0 Å². The van der Waals surface area contributed by atoms with E-state index in [4.69, 9.17) is 4.74 Å². The molecule has 0 fully saturated rings. The highest BCUT2D eigenvalue weighted by molar-refractivity contribution is 5.13. The van der Waals surface area contributed by atoms with E-state index in [9.17, 15) is 5.11 Å². The van der Waals surface area contributed by atoms with Gasteiger partial charge in [0.2, 0.25) is 0 Å². The summed E-state index contributed by atoms with van der Waals surface area (Å²) in [7, 11) is 1.65. The van der Waals surface area contributed by atoms with Crippen LogP contribution in [0.3, 0.4) is 0 Å². The number of aromatic nitrogens is 1. The van der Waals surface area contributed by atoms with Crippen molar-refractivity contribution < 1.29 is 9.84 Å². The predicted octanol–water partition coefficient (Wildman–Crippen LogP) is 1.78. The van der Waals surface area contributed by atoms with Crippen molar-refractivity contribution in [1.82, 2.24) is 4.57 Å². The van der Waals surface area contributed by atoms with Gasteiger partial charge < -0.3 is 14.4 Å². The molecule has 1 atom stereocenters. The van der Waals surface area contributed by atoms with Crippen molar-refractivity contribution in [3.63, 3.8) is 0 Å². The van der Waals surface area contributed by atoms with Crippen LogP contribution < -0.4 is 0 Å². The van der Waals surface area contributed by atoms with Crippen molar-refractivity contribution in [2.45, 2.75) is 26.7 Å². The summed E-state index contributed by atoms with van der Waals surface area (Å²) in [6.45, 7) is 4.53. The largest absolute Gasteiger partial charge is 0.388 e. The van der Waals surface area contributed by atoms with Gasteiger partial charge in [-0.1, -0.05) is 13.8 Å². The Morgan fingerprint density at radius 3 is 2.77 bits per heavy atom. The summed E-state index contributed by atoms with van der Waals surface area (Å²) in [6, 6.07) is 1.92. The summed E-state index contributed by atoms with van der Waals surface area (Å²) < 4.78 is 6.87. The zero-order valence-corrected chi connectivity index (χ0v) is 8.40. The van der Waals surface area contributed by atoms with E-state index in [0.29, 0.717) is 6.73 Å². The average molecular weight is 183 g/mol. The molecule has 74 valence electrons. The van der Waals surface area contributed by atoms with E-state index in [1.54, 1.807) is 7.11 Å². The van der Waals surface area contributed by atoms with E-state index in [1.165, 1.54) is 0 Å². The second-order valence-electron chi connectivity index (χ2n) is 3.57. The fourth-order valence-electron chi connectivity index (χ4n) is 1.25. The van der Waals surface area contributed by atoms with Gasteiger partial charge in [0.15, 0.2) is 0 Å². The van der Waals surface area contributed by atoms with E-state index in [0.717, 1.165) is 5.56 Å². The molecule has 13 heavy (non-hydrogen) atoms. The Morgan fingerprint density at radius 1 is 1.54 bits per heavy atom. The molecule has 0 aliphatic heterocycles. The summed E-state index contributed by atoms with van der Waals surface area (Å²) in [5.41, 5.74) is 0.951. The number of hydrogen-bond acceptors (Lipinski definition) is 2. The molecule has 0 saturated heterocycles. The number of ether oxygens (including phenoxy) is 1. The fraction of sp³-hybridized carbons (Fsp3) is 0.600. The second-order valence-corrected chi connectivity index (χ2v) is 3.57. The first-order valence-electron chi connectivity index (χ1n) is 4.48. The van der Waals surface area contributed by atoms with Gasteiger partial charge in [0, 0.05) is 19.5 Å². The van der Waals surface area contributed by atoms with Crippen LogP contribution in [-0.2, 0) is 11.5 Å². The quantitative estimate of drug-likeness (QED) is 0.772. The minimum absolute atomic E-state index is 0.249. The molecule has 0 saturated carbocycles. The number of aliphatic hydroxyl groups excluding tert-OH is 1. The van der Waals surface area contributed by atoms with Gasteiger partial charge >= 0.3 is 0 Å². The molecule has 1 rings (SSSR count). The summed E-state index contributed by atoms with van der Waals surface area (Å²) in [4.78, 5) is 0. The van der Waals surface area contributed by atoms with Crippen LogP contribution in [0.1, 0.15) is 25.5 Å². The lowest BCUT2D eigenvalue weighted by molar-refractivity contribution is 0.122. The molecule has 3 nitrogen and oxygen atoms in total. The average Bonchev–Trinajstić information content (AvgIpc) is 2.52. The summed E-state index contributed by atoms with van der Waals surface area (Å²) in [5, 5.41) is 9.73. The van der Waals surface area contributed by atoms with Crippen molar-refractivity contribution in [2.24, 2.45) is 5.92 Å². The van der Waals surface area contributed by atoms with E-state index < -0.39 is 0 Å². The van der Waals surface area contributed by atoms with Crippen LogP contribution in [0.2, 0.25) is 0 Å². The molecule has 1 N–H and O–H groups in total. The SMILES string of the molecule is COCn1ccc(C(O)C(C)C)c1. The van der Waals surface area contributed by atoms with Gasteiger partial charge in [0.1, 0.15) is 6.73 Å². The molecule has 0 bridgehead atoms. The number of methoxy groups -OCH3 is 1. The lowest BCUT2D eigenvalue weighted by Gasteiger charge is -2.12. The minimum Gasteiger partial charge on any atom is -0.388 e. The Morgan fingerprint density at radius 2 is 2.23 bits per heavy atom. The van der Waals surface area contributed by atoms with Gasteiger partial charge in [-0.3, -0.25) is 0 Å². The van der Waals surface area contributed by atoms with Gasteiger partial charge in [-0.2, -0.15) is 0 Å². The maximum absolute atomic E-state index is 9.73. The van der Waals surface area contributed by atoms with Crippen LogP contribution in [0.15, 0.2) is 18.5 Å². The third kappa shape index (κ3) is 2.57. The van der Waals surface area contributed by atoms with Crippen LogP contribution in [0.4, 0.5) is 0 Å². The number of aliphatic hydroxyl groups is 1. The first-order chi connectivity index (χ1) is 6.15. The van der Waals surface area contributed by atoms with E-state index in [1.807, 2.05) is 36.9 Å². The van der Waals surface area contributed by atoms with Gasteiger partial charge in [0.05, 0.1) is 6.10 Å². The molecule has 1 heterocycles. The Labute approximate surface area is 78.9 Å². The highest BCUT2D eigenvalue weighted by Crippen LogP contribution is 2.21. The molecule has 0 amide bonds. The minimum atomic E-state index is -0.377. The molecule has 0 aromatic carbocycles. The van der Waals surface area contributed by atoms with Crippen LogP contribution >= 0.6 is 0 Å². The third-order valence-electron chi connectivity index (χ3n) is 2.02. The fourth-order valence-corrected chi connectivity index (χ4v) is 1.25. The summed E-state index contributed by atoms with van der Waals surface area (Å²) >= 11 is 0. The summed E-state index contributed by atoms with van der Waals surface area (Å²) in [5.74, 6) is 0.249. The van der Waals surface area contributed by atoms with Crippen molar-refractivity contribution in [3.05, 3.63) is 24.0 Å². The van der Waals surface area contributed by atoms with Crippen LogP contribution in [0, 0.1) is 5.92 Å². The third-order valence-corrected chi connectivity index (χ3v) is 2.02. The van der Waals surface area contributed by atoms with Crippen LogP contribution in [0.5, 0.6) is 0 Å². The van der Waals surface area contributed by atoms with Crippen LogP contribution in [0.25, 0.3) is 0 Å². The predicted molar refractivity (Wildman–Crippen MR) is 51.2 cm³/mol. The highest BCUT2D eigenvalue weighted by atomic mass is 16.5. The first-order valence-corrected chi connectivity index (χ1v) is 4.48. The Bertz CT molecular complexity index is 255. The van der Waals surface area contributed by atoms with Crippen molar-refractivity contribution in [3.8, 4) is 0 Å². The maximum Gasteiger partial charge on any atom is 0.121 e. The van der Waals surface area contributed by atoms with Gasteiger partial charge in [0.25, 0.3) is 0 Å². The Hall–Kier alpha value is -0.800. The second kappa shape index (κ2) is 4.44. The molecule has 0 aliphatic rings. The van der Waals surface area contributed by atoms with Gasteiger partial charge in [-0.05, 0) is 17.5 Å². The number of nitrogens with zero attached hydrogens (tertiary/aromatic N) is 1. The molecule has 0 spiro atoms. The van der Waals surface area contributed by atoms with Crippen LogP contribution in [-0.4, -0.2) is 16.8 Å². The zero-order valence-electron chi connectivity index (χ0n) is 8.40. The molecule has 0 aliphatic carbocycles. The maximum atomic E-state index is 9.73. The Kier molecular flexibility index (Phi) is 3.51. The van der Waals surface area contributed by atoms with E-state index in [2.05, 4.69) is 0 Å². The monoisotopic (exact) mass is 183 g/mol. The standard InChI is InChI=1S/C10H17NO2/c1-8(2)10(12)9-4-5-11(6-9)7-13-3/h4-6,8,10,12H,7H2,1-3H3. The lowest BCUT2D eigenvalue weighted by Crippen LogP contribution is -2.04. The lowest BCUT2D eigenvalue weighted by atomic mass is 10.0. The zero-order chi connectivity index (χ0) is 9.84. The van der Waals surface area contributed by atoms with Crippen molar-refractivity contribution in [2.75, 3.05) is 7.11 Å². The first kappa shape index (κ1) is 10.3. The molecule has 0 radical (unpaired) electrons. The molecule has 1 unspecified atom stereocenters. The number of rotatable bonds is 4. The highest BCUT2D eigenvalue weighted by Gasteiger charge is 2.12. The molecular weight excluding hydrogens is 166 g/mol. The smallest absolute Gasteiger partial charge is 0.121 e. The topological polar surface area (TPSA) is 34.4 Å². The summed E-state index contributed by atoms with van der Waals surface area (Å²) in [6.07, 6.45) is 3.44. The number of hydrogen-bond donors (Lipinski definition) is 1. The molecular formula is C10H17NO2.